The normalized spacial score (nSPS) is 16.9. The number of carbonyl (C=O) groups is 3. The van der Waals surface area contributed by atoms with Gasteiger partial charge in [0.1, 0.15) is 34.9 Å². The summed E-state index contributed by atoms with van der Waals surface area (Å²) in [6.07, 6.45) is 5.64. The van der Waals surface area contributed by atoms with Crippen molar-refractivity contribution in [1.29, 1.82) is 0 Å². The van der Waals surface area contributed by atoms with E-state index in [2.05, 4.69) is 47.8 Å². The van der Waals surface area contributed by atoms with Gasteiger partial charge in [-0.05, 0) is 61.6 Å². The van der Waals surface area contributed by atoms with Crippen molar-refractivity contribution < 1.29 is 37.0 Å². The third kappa shape index (κ3) is 9.61. The second-order valence-corrected chi connectivity index (χ2v) is 16.9. The number of aryl methyl sites for hydroxylation is 1. The first-order chi connectivity index (χ1) is 28.8. The van der Waals surface area contributed by atoms with Crippen molar-refractivity contribution in [2.75, 3.05) is 67.0 Å². The summed E-state index contributed by atoms with van der Waals surface area (Å²) in [6.45, 7) is 5.07. The van der Waals surface area contributed by atoms with Gasteiger partial charge in [0.2, 0.25) is 27.8 Å². The molecular weight excluding hydrogens is 814 g/mol. The van der Waals surface area contributed by atoms with Crippen molar-refractivity contribution in [2.45, 2.75) is 57.7 Å². The number of fused-ring (bicyclic) bond motifs is 1. The van der Waals surface area contributed by atoms with Crippen LogP contribution in [0.1, 0.15) is 54.1 Å². The molecule has 4 aromatic rings. The van der Waals surface area contributed by atoms with E-state index in [9.17, 15) is 22.8 Å². The van der Waals surface area contributed by atoms with Crippen LogP contribution in [0.15, 0.2) is 54.7 Å². The van der Waals surface area contributed by atoms with Gasteiger partial charge in [-0.1, -0.05) is 24.6 Å². The number of anilines is 6. The van der Waals surface area contributed by atoms with E-state index in [4.69, 9.17) is 25.8 Å². The van der Waals surface area contributed by atoms with Gasteiger partial charge in [0.15, 0.2) is 5.82 Å². The highest BCUT2D eigenvalue weighted by Gasteiger charge is 2.40. The molecule has 1 unspecified atom stereocenters. The van der Waals surface area contributed by atoms with Crippen LogP contribution in [0.4, 0.5) is 34.5 Å². The van der Waals surface area contributed by atoms with Crippen LogP contribution in [-0.2, 0) is 32.6 Å². The van der Waals surface area contributed by atoms with Crippen molar-refractivity contribution in [3.05, 3.63) is 76.4 Å². The van der Waals surface area contributed by atoms with Gasteiger partial charge >= 0.3 is 0 Å². The first-order valence-corrected chi connectivity index (χ1v) is 21.9. The minimum atomic E-state index is -3.60. The highest BCUT2D eigenvalue weighted by atomic mass is 35.5. The van der Waals surface area contributed by atoms with Crippen molar-refractivity contribution in [3.8, 4) is 17.2 Å². The zero-order chi connectivity index (χ0) is 42.6. The van der Waals surface area contributed by atoms with Crippen molar-refractivity contribution in [3.63, 3.8) is 0 Å². The monoisotopic (exact) mass is 861 g/mol. The highest BCUT2D eigenvalue weighted by Crippen LogP contribution is 2.38. The van der Waals surface area contributed by atoms with Crippen LogP contribution < -0.4 is 45.1 Å². The van der Waals surface area contributed by atoms with Crippen LogP contribution >= 0.6 is 11.6 Å². The Hall–Kier alpha value is -5.85. The Bertz CT molecular complexity index is 2390. The fourth-order valence-electron chi connectivity index (χ4n) is 7.71. The lowest BCUT2D eigenvalue weighted by molar-refractivity contribution is -0.136. The molecule has 1 atom stereocenters. The third-order valence-electron chi connectivity index (χ3n) is 10.7. The van der Waals surface area contributed by atoms with Crippen LogP contribution in [0.2, 0.25) is 5.02 Å². The smallest absolute Gasteiger partial charge is 0.255 e. The molecule has 5 N–H and O–H groups in total. The number of halogens is 1. The zero-order valence-electron chi connectivity index (χ0n) is 33.8. The van der Waals surface area contributed by atoms with Gasteiger partial charge in [-0.15, -0.1) is 0 Å². The number of ether oxygens (including phenoxy) is 3. The topological polar surface area (TPSA) is 205 Å². The number of amides is 3. The molecule has 3 aliphatic heterocycles. The maximum absolute atomic E-state index is 13.2. The molecule has 17 nitrogen and oxygen atoms in total. The molecule has 7 rings (SSSR count). The molecule has 3 amide bonds. The number of benzene rings is 3. The van der Waals surface area contributed by atoms with E-state index in [-0.39, 0.29) is 47.3 Å². The van der Waals surface area contributed by atoms with Gasteiger partial charge in [0, 0.05) is 61.0 Å². The van der Waals surface area contributed by atoms with E-state index in [1.807, 2.05) is 18.2 Å². The molecule has 3 aliphatic rings. The van der Waals surface area contributed by atoms with E-state index in [1.54, 1.807) is 37.4 Å². The summed E-state index contributed by atoms with van der Waals surface area (Å²) < 4.78 is 43.9. The fourth-order valence-corrected chi connectivity index (χ4v) is 8.41. The largest absolute Gasteiger partial charge is 0.497 e. The third-order valence-corrected chi connectivity index (χ3v) is 11.6. The lowest BCUT2D eigenvalue weighted by Gasteiger charge is -2.35. The van der Waals surface area contributed by atoms with E-state index >= 15 is 0 Å². The van der Waals surface area contributed by atoms with Crippen molar-refractivity contribution in [1.82, 2.24) is 25.5 Å². The molecule has 318 valence electrons. The Balaban J connectivity index is 0.945. The van der Waals surface area contributed by atoms with Crippen molar-refractivity contribution in [2.24, 2.45) is 0 Å². The SMILES string of the molecule is CCc1cc(Nc2ncc(Cl)c(Nc3ccc(OC)cc3NS(C)(=O)=O)n2)c(OC)cc1N1CCC(NCCOc2cccc3c2CN(C2CCC(=O)NC2=O)C3=O)CC1. The second-order valence-electron chi connectivity index (χ2n) is 14.7. The molecule has 60 heavy (non-hydrogen) atoms. The molecule has 19 heteroatoms. The number of rotatable bonds is 16. The van der Waals surface area contributed by atoms with Gasteiger partial charge in [-0.3, -0.25) is 24.4 Å². The molecule has 0 bridgehead atoms. The lowest BCUT2D eigenvalue weighted by Crippen LogP contribution is -2.52. The number of imide groups is 1. The van der Waals surface area contributed by atoms with Gasteiger partial charge < -0.3 is 40.0 Å². The maximum Gasteiger partial charge on any atom is 0.255 e. The molecule has 4 heterocycles. The summed E-state index contributed by atoms with van der Waals surface area (Å²) in [4.78, 5) is 50.2. The Morgan fingerprint density at radius 2 is 1.75 bits per heavy atom. The average molecular weight is 862 g/mol. The maximum atomic E-state index is 13.2. The van der Waals surface area contributed by atoms with E-state index in [0.717, 1.165) is 55.4 Å². The van der Waals surface area contributed by atoms with Gasteiger partial charge in [0.25, 0.3) is 5.91 Å². The summed E-state index contributed by atoms with van der Waals surface area (Å²) in [5, 5.41) is 12.6. The predicted molar refractivity (Wildman–Crippen MR) is 229 cm³/mol. The lowest BCUT2D eigenvalue weighted by atomic mass is 10.0. The summed E-state index contributed by atoms with van der Waals surface area (Å²) >= 11 is 6.48. The Morgan fingerprint density at radius 3 is 2.47 bits per heavy atom. The highest BCUT2D eigenvalue weighted by molar-refractivity contribution is 7.92. The fraction of sp³-hybridized carbons (Fsp3) is 0.390. The summed E-state index contributed by atoms with van der Waals surface area (Å²) in [7, 11) is -0.499. The van der Waals surface area contributed by atoms with Crippen LogP contribution in [0.3, 0.4) is 0 Å². The summed E-state index contributed by atoms with van der Waals surface area (Å²) in [5.41, 5.74) is 4.82. The molecule has 3 aromatic carbocycles. The summed E-state index contributed by atoms with van der Waals surface area (Å²) in [5.74, 6) is 1.21. The molecule has 0 aliphatic carbocycles. The molecule has 2 saturated heterocycles. The van der Waals surface area contributed by atoms with E-state index in [1.165, 1.54) is 18.2 Å². The number of hydrogen-bond acceptors (Lipinski definition) is 14. The quantitative estimate of drug-likeness (QED) is 0.0746. The Morgan fingerprint density at radius 1 is 0.950 bits per heavy atom. The van der Waals surface area contributed by atoms with Crippen molar-refractivity contribution >= 4 is 73.9 Å². The van der Waals surface area contributed by atoms with E-state index in [0.29, 0.717) is 59.8 Å². The number of hydrogen-bond donors (Lipinski definition) is 5. The Kier molecular flexibility index (Phi) is 12.8. The number of nitrogens with zero attached hydrogens (tertiary/aromatic N) is 4. The first-order valence-electron chi connectivity index (χ1n) is 19.6. The molecule has 1 aromatic heterocycles. The molecular formula is C41H48ClN9O8S. The van der Waals surface area contributed by atoms with Gasteiger partial charge in [-0.2, -0.15) is 4.98 Å². The van der Waals surface area contributed by atoms with Crippen LogP contribution in [0.25, 0.3) is 0 Å². The second kappa shape index (κ2) is 18.2. The minimum Gasteiger partial charge on any atom is -0.497 e. The van der Waals surface area contributed by atoms with Crippen LogP contribution in [0.5, 0.6) is 17.2 Å². The zero-order valence-corrected chi connectivity index (χ0v) is 35.3. The first kappa shape index (κ1) is 42.3. The average Bonchev–Trinajstić information content (AvgIpc) is 3.56. The molecule has 0 radical (unpaired) electrons. The van der Waals surface area contributed by atoms with Gasteiger partial charge in [0.05, 0.1) is 50.3 Å². The number of nitrogens with one attached hydrogen (secondary N) is 5. The summed E-state index contributed by atoms with van der Waals surface area (Å²) in [6, 6.07) is 14.0. The number of carbonyl (C=O) groups excluding carboxylic acids is 3. The van der Waals surface area contributed by atoms with E-state index < -0.39 is 22.0 Å². The number of methoxy groups -OCH3 is 2. The van der Waals surface area contributed by atoms with Gasteiger partial charge in [-0.25, -0.2) is 13.4 Å². The van der Waals surface area contributed by atoms with Crippen LogP contribution in [-0.4, -0.2) is 99.8 Å². The molecule has 0 saturated carbocycles. The van der Waals surface area contributed by atoms with Crippen LogP contribution in [0, 0.1) is 0 Å². The Labute approximate surface area is 353 Å². The molecule has 0 spiro atoms. The predicted octanol–water partition coefficient (Wildman–Crippen LogP) is 4.97. The number of sulfonamides is 1. The number of piperidine rings is 2. The molecule has 2 fully saturated rings. The number of aromatic nitrogens is 2. The standard InChI is InChI=1S/C41H48ClN9O8S/c1-5-24-19-32(46-41-44-22-29(42)38(48-41)45-30-10-9-26(57-2)20-31(30)49-60(4,55)56)36(58-3)21-34(24)50-16-13-25(14-17-50)43-15-18-59-35-8-6-7-27-28(35)23-51(40(27)54)33-11-12-37(52)47-39(33)53/h6-10,19-22,25,33,43,49H,5,11-18,23H2,1-4H3,(H,47,52,53)(H2,44,45,46,48). The minimum absolute atomic E-state index is 0.204.